The first kappa shape index (κ1) is 17.4. The Labute approximate surface area is 157 Å². The molecular formula is C19H22N4O4. The van der Waals surface area contributed by atoms with Crippen molar-refractivity contribution in [1.29, 1.82) is 0 Å². The summed E-state index contributed by atoms with van der Waals surface area (Å²) in [5.41, 5.74) is 2.26. The number of fused-ring (bicyclic) bond motifs is 2. The van der Waals surface area contributed by atoms with Crippen LogP contribution in [0.2, 0.25) is 0 Å². The molecule has 0 aliphatic carbocycles. The van der Waals surface area contributed by atoms with E-state index in [0.29, 0.717) is 43.4 Å². The largest absolute Gasteiger partial charge is 0.476 e. The van der Waals surface area contributed by atoms with E-state index in [0.717, 1.165) is 11.3 Å². The summed E-state index contributed by atoms with van der Waals surface area (Å²) in [5.74, 6) is 0.324. The van der Waals surface area contributed by atoms with Gasteiger partial charge in [0.1, 0.15) is 12.2 Å². The van der Waals surface area contributed by atoms with Crippen molar-refractivity contribution in [3.05, 3.63) is 35.5 Å². The molecule has 2 aliphatic heterocycles. The van der Waals surface area contributed by atoms with E-state index in [1.165, 1.54) is 0 Å². The molecule has 0 saturated heterocycles. The molecule has 0 bridgehead atoms. The maximum absolute atomic E-state index is 12.4. The average Bonchev–Trinajstić information content (AvgIpc) is 3.26. The summed E-state index contributed by atoms with van der Waals surface area (Å²) in [7, 11) is 0. The maximum atomic E-state index is 12.4. The summed E-state index contributed by atoms with van der Waals surface area (Å²) in [6.07, 6.45) is 0.357. The number of nitrogens with zero attached hydrogens (tertiary/aromatic N) is 3. The number of hydrogen-bond acceptors (Lipinski definition) is 5. The molecule has 4 rings (SSSR count). The number of amides is 2. The van der Waals surface area contributed by atoms with E-state index in [9.17, 15) is 9.59 Å². The molecule has 2 aromatic rings. The lowest BCUT2D eigenvalue weighted by Gasteiger charge is -2.24. The Kier molecular flexibility index (Phi) is 4.05. The van der Waals surface area contributed by atoms with Crippen LogP contribution in [0.1, 0.15) is 36.8 Å². The minimum atomic E-state index is -0.539. The van der Waals surface area contributed by atoms with Gasteiger partial charge in [0.15, 0.2) is 5.69 Å². The highest BCUT2D eigenvalue weighted by atomic mass is 16.6. The second kappa shape index (κ2) is 6.29. The van der Waals surface area contributed by atoms with Crippen molar-refractivity contribution in [2.45, 2.75) is 39.3 Å². The fourth-order valence-electron chi connectivity index (χ4n) is 3.20. The first-order valence-corrected chi connectivity index (χ1v) is 8.96. The maximum Gasteiger partial charge on any atom is 0.414 e. The Morgan fingerprint density at radius 1 is 1.22 bits per heavy atom. The summed E-state index contributed by atoms with van der Waals surface area (Å²) < 4.78 is 12.5. The minimum Gasteiger partial charge on any atom is -0.476 e. The highest BCUT2D eigenvalue weighted by Crippen LogP contribution is 2.32. The van der Waals surface area contributed by atoms with Crippen molar-refractivity contribution < 1.29 is 19.1 Å². The number of rotatable bonds is 2. The molecule has 0 saturated carbocycles. The summed E-state index contributed by atoms with van der Waals surface area (Å²) in [6, 6.07) is 7.13. The van der Waals surface area contributed by atoms with E-state index in [1.54, 1.807) is 21.7 Å². The van der Waals surface area contributed by atoms with Gasteiger partial charge in [0.05, 0.1) is 12.2 Å². The van der Waals surface area contributed by atoms with Crippen LogP contribution in [0.3, 0.4) is 0 Å². The molecule has 142 valence electrons. The molecule has 0 unspecified atom stereocenters. The SMILES string of the molecule is CC(C)(C)OC(=O)N1CCc2cc(NC(=O)c3cc4n(n3)CCO4)ccc21. The number of benzene rings is 1. The Morgan fingerprint density at radius 3 is 2.78 bits per heavy atom. The zero-order valence-corrected chi connectivity index (χ0v) is 15.6. The molecule has 2 aliphatic rings. The van der Waals surface area contributed by atoms with E-state index in [2.05, 4.69) is 10.4 Å². The van der Waals surface area contributed by atoms with Crippen molar-refractivity contribution in [2.75, 3.05) is 23.4 Å². The number of carbonyl (C=O) groups is 2. The molecular weight excluding hydrogens is 348 g/mol. The third kappa shape index (κ3) is 3.47. The third-order valence-electron chi connectivity index (χ3n) is 4.38. The second-order valence-electron chi connectivity index (χ2n) is 7.62. The van der Waals surface area contributed by atoms with Crippen molar-refractivity contribution in [1.82, 2.24) is 9.78 Å². The van der Waals surface area contributed by atoms with Crippen LogP contribution in [0, 0.1) is 0 Å². The monoisotopic (exact) mass is 370 g/mol. The molecule has 0 radical (unpaired) electrons. The molecule has 27 heavy (non-hydrogen) atoms. The Morgan fingerprint density at radius 2 is 2.04 bits per heavy atom. The van der Waals surface area contributed by atoms with Crippen LogP contribution in [0.15, 0.2) is 24.3 Å². The van der Waals surface area contributed by atoms with Crippen molar-refractivity contribution >= 4 is 23.4 Å². The zero-order valence-electron chi connectivity index (χ0n) is 15.6. The fraction of sp³-hybridized carbons (Fsp3) is 0.421. The molecule has 1 N–H and O–H groups in total. The Bertz CT molecular complexity index is 891. The lowest BCUT2D eigenvalue weighted by atomic mass is 10.1. The molecule has 8 nitrogen and oxygen atoms in total. The predicted molar refractivity (Wildman–Crippen MR) is 99.4 cm³/mol. The second-order valence-corrected chi connectivity index (χ2v) is 7.62. The number of ether oxygens (including phenoxy) is 2. The molecule has 2 amide bonds. The van der Waals surface area contributed by atoms with Gasteiger partial charge in [0.2, 0.25) is 5.88 Å². The van der Waals surface area contributed by atoms with Crippen LogP contribution in [0.5, 0.6) is 5.88 Å². The molecule has 3 heterocycles. The van der Waals surface area contributed by atoms with Gasteiger partial charge in [-0.3, -0.25) is 9.69 Å². The lowest BCUT2D eigenvalue weighted by Crippen LogP contribution is -2.35. The lowest BCUT2D eigenvalue weighted by molar-refractivity contribution is 0.0584. The van der Waals surface area contributed by atoms with Gasteiger partial charge in [-0.15, -0.1) is 0 Å². The standard InChI is InChI=1S/C19H22N4O4/c1-19(2,3)27-18(25)22-7-6-12-10-13(4-5-15(12)22)20-17(24)14-11-16-23(21-14)8-9-26-16/h4-5,10-11H,6-9H2,1-3H3,(H,20,24). The van der Waals surface area contributed by atoms with Gasteiger partial charge in [-0.1, -0.05) is 0 Å². The summed E-state index contributed by atoms with van der Waals surface area (Å²) in [6.45, 7) is 7.34. The predicted octanol–water partition coefficient (Wildman–Crippen LogP) is 2.83. The molecule has 8 heteroatoms. The minimum absolute atomic E-state index is 0.289. The van der Waals surface area contributed by atoms with Crippen LogP contribution in [-0.4, -0.2) is 40.5 Å². The summed E-state index contributed by atoms with van der Waals surface area (Å²) >= 11 is 0. The van der Waals surface area contributed by atoms with Crippen LogP contribution in [0.4, 0.5) is 16.2 Å². The highest BCUT2D eigenvalue weighted by Gasteiger charge is 2.29. The third-order valence-corrected chi connectivity index (χ3v) is 4.38. The topological polar surface area (TPSA) is 85.7 Å². The first-order valence-electron chi connectivity index (χ1n) is 8.96. The quantitative estimate of drug-likeness (QED) is 0.879. The van der Waals surface area contributed by atoms with E-state index in [1.807, 2.05) is 32.9 Å². The smallest absolute Gasteiger partial charge is 0.414 e. The number of aromatic nitrogens is 2. The van der Waals surface area contributed by atoms with Crippen LogP contribution in [0.25, 0.3) is 0 Å². The van der Waals surface area contributed by atoms with Crippen LogP contribution in [-0.2, 0) is 17.7 Å². The zero-order chi connectivity index (χ0) is 19.2. The fourth-order valence-corrected chi connectivity index (χ4v) is 3.20. The number of anilines is 2. The first-order chi connectivity index (χ1) is 12.8. The summed E-state index contributed by atoms with van der Waals surface area (Å²) in [5, 5.41) is 7.09. The van der Waals surface area contributed by atoms with E-state index >= 15 is 0 Å². The molecule has 0 fully saturated rings. The van der Waals surface area contributed by atoms with Gasteiger partial charge >= 0.3 is 6.09 Å². The molecule has 0 atom stereocenters. The number of hydrogen-bond donors (Lipinski definition) is 1. The number of carbonyl (C=O) groups excluding carboxylic acids is 2. The molecule has 1 aromatic heterocycles. The van der Waals surface area contributed by atoms with Gasteiger partial charge in [-0.05, 0) is 51.0 Å². The van der Waals surface area contributed by atoms with Gasteiger partial charge in [-0.25, -0.2) is 9.48 Å². The van der Waals surface area contributed by atoms with Crippen LogP contribution < -0.4 is 15.0 Å². The molecule has 0 spiro atoms. The Balaban J connectivity index is 1.47. The van der Waals surface area contributed by atoms with Gasteiger partial charge < -0.3 is 14.8 Å². The van der Waals surface area contributed by atoms with Crippen molar-refractivity contribution in [3.8, 4) is 5.88 Å². The van der Waals surface area contributed by atoms with E-state index < -0.39 is 5.60 Å². The Hall–Kier alpha value is -3.03. The van der Waals surface area contributed by atoms with Crippen molar-refractivity contribution in [2.24, 2.45) is 0 Å². The normalized spacial score (nSPS) is 15.1. The van der Waals surface area contributed by atoms with Crippen LogP contribution >= 0.6 is 0 Å². The molecule has 1 aromatic carbocycles. The van der Waals surface area contributed by atoms with Crippen molar-refractivity contribution in [3.63, 3.8) is 0 Å². The summed E-state index contributed by atoms with van der Waals surface area (Å²) in [4.78, 5) is 26.4. The number of nitrogens with one attached hydrogen (secondary N) is 1. The average molecular weight is 370 g/mol. The van der Waals surface area contributed by atoms with E-state index in [-0.39, 0.29) is 12.0 Å². The van der Waals surface area contributed by atoms with Gasteiger partial charge in [0, 0.05) is 18.3 Å². The highest BCUT2D eigenvalue weighted by molar-refractivity contribution is 6.03. The van der Waals surface area contributed by atoms with Gasteiger partial charge in [-0.2, -0.15) is 5.10 Å². The van der Waals surface area contributed by atoms with Gasteiger partial charge in [0.25, 0.3) is 5.91 Å². The van der Waals surface area contributed by atoms with E-state index in [4.69, 9.17) is 9.47 Å².